The molecule has 0 fully saturated rings. The Kier molecular flexibility index (Phi) is 4.72. The molecule has 0 saturated carbocycles. The van der Waals surface area contributed by atoms with E-state index in [1.165, 1.54) is 12.1 Å². The molecule has 1 aromatic heterocycles. The van der Waals surface area contributed by atoms with Crippen molar-refractivity contribution in [3.8, 4) is 0 Å². The van der Waals surface area contributed by atoms with Crippen molar-refractivity contribution in [2.75, 3.05) is 6.61 Å². The van der Waals surface area contributed by atoms with Gasteiger partial charge in [-0.3, -0.25) is 4.79 Å². The summed E-state index contributed by atoms with van der Waals surface area (Å²) in [7, 11) is 0. The van der Waals surface area contributed by atoms with Crippen LogP contribution < -0.4 is 0 Å². The predicted octanol–water partition coefficient (Wildman–Crippen LogP) is 2.81. The van der Waals surface area contributed by atoms with Gasteiger partial charge in [-0.05, 0) is 41.6 Å². The van der Waals surface area contributed by atoms with Crippen molar-refractivity contribution in [2.45, 2.75) is 19.5 Å². The smallest absolute Gasteiger partial charge is 0.434 e. The number of ether oxygens (including phenoxy) is 1. The maximum atomic E-state index is 12.5. The minimum Gasteiger partial charge on any atom is -0.466 e. The number of esters is 1. The average molecular weight is 359 g/mol. The van der Waals surface area contributed by atoms with Crippen LogP contribution >= 0.6 is 22.6 Å². The Morgan fingerprint density at radius 3 is 2.65 bits per heavy atom. The first-order valence-electron chi connectivity index (χ1n) is 4.72. The molecular formula is C10H9F3INO2. The molecule has 1 heterocycles. The van der Waals surface area contributed by atoms with Crippen LogP contribution in [0.4, 0.5) is 13.2 Å². The summed E-state index contributed by atoms with van der Waals surface area (Å²) in [5.41, 5.74) is -0.920. The van der Waals surface area contributed by atoms with Crippen LogP contribution in [0.25, 0.3) is 0 Å². The number of pyridine rings is 1. The lowest BCUT2D eigenvalue weighted by Gasteiger charge is -2.09. The molecule has 0 spiro atoms. The van der Waals surface area contributed by atoms with E-state index >= 15 is 0 Å². The van der Waals surface area contributed by atoms with Gasteiger partial charge < -0.3 is 4.74 Å². The number of aromatic nitrogens is 1. The number of nitrogens with zero attached hydrogens (tertiary/aromatic N) is 1. The van der Waals surface area contributed by atoms with E-state index in [2.05, 4.69) is 9.72 Å². The van der Waals surface area contributed by atoms with Crippen molar-refractivity contribution in [3.63, 3.8) is 0 Å². The standard InChI is InChI=1S/C10H9F3INO2/c1-2-17-8(16)5-6-3-4-7(14)9(15-6)10(11,12)13/h3-4H,2,5H2,1H3. The largest absolute Gasteiger partial charge is 0.466 e. The molecule has 0 aliphatic heterocycles. The van der Waals surface area contributed by atoms with Crippen LogP contribution in [0.1, 0.15) is 18.3 Å². The second-order valence-electron chi connectivity index (χ2n) is 3.11. The van der Waals surface area contributed by atoms with E-state index in [1.807, 2.05) is 0 Å². The van der Waals surface area contributed by atoms with Crippen molar-refractivity contribution in [2.24, 2.45) is 0 Å². The van der Waals surface area contributed by atoms with Crippen molar-refractivity contribution in [1.82, 2.24) is 4.98 Å². The zero-order chi connectivity index (χ0) is 13.1. The molecule has 1 rings (SSSR count). The highest BCUT2D eigenvalue weighted by molar-refractivity contribution is 14.1. The van der Waals surface area contributed by atoms with Crippen LogP contribution in [0.15, 0.2) is 12.1 Å². The van der Waals surface area contributed by atoms with Gasteiger partial charge >= 0.3 is 12.1 Å². The number of hydrogen-bond acceptors (Lipinski definition) is 3. The van der Waals surface area contributed by atoms with Crippen LogP contribution in [0.5, 0.6) is 0 Å². The monoisotopic (exact) mass is 359 g/mol. The molecule has 0 saturated heterocycles. The second-order valence-corrected chi connectivity index (χ2v) is 4.27. The van der Waals surface area contributed by atoms with E-state index in [4.69, 9.17) is 0 Å². The molecule has 0 aromatic carbocycles. The molecule has 0 radical (unpaired) electrons. The van der Waals surface area contributed by atoms with Gasteiger partial charge in [-0.15, -0.1) is 0 Å². The maximum Gasteiger partial charge on any atom is 0.434 e. The molecular weight excluding hydrogens is 350 g/mol. The Balaban J connectivity index is 2.93. The fraction of sp³-hybridized carbons (Fsp3) is 0.400. The molecule has 0 unspecified atom stereocenters. The van der Waals surface area contributed by atoms with Gasteiger partial charge in [-0.25, -0.2) is 4.98 Å². The molecule has 0 atom stereocenters. The molecule has 3 nitrogen and oxygen atoms in total. The van der Waals surface area contributed by atoms with Crippen LogP contribution in [0, 0.1) is 3.57 Å². The van der Waals surface area contributed by atoms with E-state index in [0.717, 1.165) is 0 Å². The van der Waals surface area contributed by atoms with E-state index in [1.54, 1.807) is 29.5 Å². The molecule has 0 amide bonds. The number of hydrogen-bond donors (Lipinski definition) is 0. The number of carbonyl (C=O) groups is 1. The highest BCUT2D eigenvalue weighted by atomic mass is 127. The summed E-state index contributed by atoms with van der Waals surface area (Å²) in [4.78, 5) is 14.5. The third-order valence-corrected chi connectivity index (χ3v) is 2.67. The molecule has 1 aromatic rings. The average Bonchev–Trinajstić information content (AvgIpc) is 2.19. The summed E-state index contributed by atoms with van der Waals surface area (Å²) < 4.78 is 42.2. The molecule has 0 aliphatic carbocycles. The summed E-state index contributed by atoms with van der Waals surface area (Å²) >= 11 is 1.55. The van der Waals surface area contributed by atoms with Crippen LogP contribution in [-0.4, -0.2) is 17.6 Å². The van der Waals surface area contributed by atoms with Gasteiger partial charge in [0.25, 0.3) is 0 Å². The van der Waals surface area contributed by atoms with Gasteiger partial charge in [-0.1, -0.05) is 0 Å². The normalized spacial score (nSPS) is 11.4. The highest BCUT2D eigenvalue weighted by Gasteiger charge is 2.35. The lowest BCUT2D eigenvalue weighted by Crippen LogP contribution is -2.14. The van der Waals surface area contributed by atoms with Gasteiger partial charge in [0.05, 0.1) is 18.7 Å². The van der Waals surface area contributed by atoms with Crippen molar-refractivity contribution in [3.05, 3.63) is 27.1 Å². The summed E-state index contributed by atoms with van der Waals surface area (Å²) in [6.45, 7) is 1.82. The third kappa shape index (κ3) is 4.14. The van der Waals surface area contributed by atoms with Crippen molar-refractivity contribution >= 4 is 28.6 Å². The Morgan fingerprint density at radius 1 is 1.47 bits per heavy atom. The topological polar surface area (TPSA) is 39.2 Å². The number of carbonyl (C=O) groups excluding carboxylic acids is 1. The first kappa shape index (κ1) is 14.2. The quantitative estimate of drug-likeness (QED) is 0.616. The number of rotatable bonds is 3. The fourth-order valence-corrected chi connectivity index (χ4v) is 1.75. The summed E-state index contributed by atoms with van der Waals surface area (Å²) in [6, 6.07) is 2.67. The predicted molar refractivity (Wildman–Crippen MR) is 62.3 cm³/mol. The first-order valence-corrected chi connectivity index (χ1v) is 5.80. The molecule has 17 heavy (non-hydrogen) atoms. The summed E-state index contributed by atoms with van der Waals surface area (Å²) in [6.07, 6.45) is -4.77. The van der Waals surface area contributed by atoms with Crippen LogP contribution in [0.2, 0.25) is 0 Å². The van der Waals surface area contributed by atoms with Gasteiger partial charge in [-0.2, -0.15) is 13.2 Å². The first-order chi connectivity index (χ1) is 7.84. The number of alkyl halides is 3. The Hall–Kier alpha value is -0.860. The summed E-state index contributed by atoms with van der Waals surface area (Å²) in [5, 5.41) is 0. The zero-order valence-electron chi connectivity index (χ0n) is 8.84. The van der Waals surface area contributed by atoms with E-state index < -0.39 is 17.8 Å². The van der Waals surface area contributed by atoms with Gasteiger partial charge in [0, 0.05) is 3.57 Å². The minimum absolute atomic E-state index is 0.00251. The maximum absolute atomic E-state index is 12.5. The lowest BCUT2D eigenvalue weighted by molar-refractivity contribution is -0.144. The minimum atomic E-state index is -4.51. The lowest BCUT2D eigenvalue weighted by atomic mass is 10.2. The third-order valence-electron chi connectivity index (χ3n) is 1.80. The molecule has 7 heteroatoms. The molecule has 94 valence electrons. The Morgan fingerprint density at radius 2 is 2.12 bits per heavy atom. The van der Waals surface area contributed by atoms with E-state index in [0.29, 0.717) is 0 Å². The number of halogens is 4. The second kappa shape index (κ2) is 5.65. The Bertz CT molecular complexity index is 421. The van der Waals surface area contributed by atoms with Gasteiger partial charge in [0.2, 0.25) is 0 Å². The van der Waals surface area contributed by atoms with Crippen LogP contribution in [0.3, 0.4) is 0 Å². The Labute approximate surface area is 110 Å². The summed E-state index contributed by atoms with van der Waals surface area (Å²) in [5.74, 6) is -0.589. The zero-order valence-corrected chi connectivity index (χ0v) is 11.0. The van der Waals surface area contributed by atoms with Crippen molar-refractivity contribution in [1.29, 1.82) is 0 Å². The molecule has 0 bridgehead atoms. The van der Waals surface area contributed by atoms with E-state index in [9.17, 15) is 18.0 Å². The van der Waals surface area contributed by atoms with Crippen LogP contribution in [-0.2, 0) is 22.1 Å². The van der Waals surface area contributed by atoms with Gasteiger partial charge in [0.15, 0.2) is 5.69 Å². The fourth-order valence-electron chi connectivity index (χ4n) is 1.14. The van der Waals surface area contributed by atoms with Crippen molar-refractivity contribution < 1.29 is 22.7 Å². The molecule has 0 N–H and O–H groups in total. The highest BCUT2D eigenvalue weighted by Crippen LogP contribution is 2.31. The van der Waals surface area contributed by atoms with Gasteiger partial charge in [0.1, 0.15) is 0 Å². The SMILES string of the molecule is CCOC(=O)Cc1ccc(I)c(C(F)(F)F)n1. The molecule has 0 aliphatic rings. The van der Waals surface area contributed by atoms with E-state index in [-0.39, 0.29) is 22.3 Å².